The van der Waals surface area contributed by atoms with Crippen LogP contribution in [0.15, 0.2) is 0 Å². The van der Waals surface area contributed by atoms with Gasteiger partial charge in [0.1, 0.15) is 0 Å². The first-order chi connectivity index (χ1) is 2.77. The molecule has 58 valence electrons. The van der Waals surface area contributed by atoms with Gasteiger partial charge in [-0.3, -0.25) is 0 Å². The van der Waals surface area contributed by atoms with Gasteiger partial charge in [-0.2, -0.15) is 0 Å². The Hall–Kier alpha value is 0.790. The Morgan fingerprint density at radius 1 is 1.22 bits per heavy atom. The zero-order valence-corrected chi connectivity index (χ0v) is 8.40. The minimum absolute atomic E-state index is 0. The smallest absolute Gasteiger partial charge is 0.0558 e. The van der Waals surface area contributed by atoms with Gasteiger partial charge in [0.15, 0.2) is 0 Å². The molecule has 0 amide bonds. The summed E-state index contributed by atoms with van der Waals surface area (Å²) in [6.45, 7) is 1.02. The van der Waals surface area contributed by atoms with E-state index in [1.165, 1.54) is 0 Å². The number of hydrogen-bond acceptors (Lipinski definition) is 2. The SMILES string of the molecule is C.C.CN(C)CCO.[Hf]. The molecule has 0 aromatic carbocycles. The first-order valence-electron chi connectivity index (χ1n) is 2.03. The fourth-order valence-electron chi connectivity index (χ4n) is 0.200. The Kier molecular flexibility index (Phi) is 39.9. The Morgan fingerprint density at radius 2 is 1.56 bits per heavy atom. The molecule has 0 saturated carbocycles. The van der Waals surface area contributed by atoms with Crippen molar-refractivity contribution < 1.29 is 30.9 Å². The molecule has 0 aliphatic rings. The molecule has 0 saturated heterocycles. The van der Waals surface area contributed by atoms with Crippen LogP contribution in [0.4, 0.5) is 0 Å². The maximum atomic E-state index is 8.20. The van der Waals surface area contributed by atoms with E-state index in [-0.39, 0.29) is 47.3 Å². The van der Waals surface area contributed by atoms with E-state index in [0.29, 0.717) is 0 Å². The van der Waals surface area contributed by atoms with Crippen molar-refractivity contribution in [1.82, 2.24) is 4.90 Å². The average molecular weight is 300 g/mol. The molecule has 0 heterocycles. The number of rotatable bonds is 2. The second kappa shape index (κ2) is 15.9. The van der Waals surface area contributed by atoms with Gasteiger partial charge in [-0.25, -0.2) is 0 Å². The third-order valence-electron chi connectivity index (χ3n) is 0.547. The Labute approximate surface area is 78.0 Å². The van der Waals surface area contributed by atoms with Crippen LogP contribution in [0.5, 0.6) is 0 Å². The van der Waals surface area contributed by atoms with E-state index in [1.54, 1.807) is 0 Å². The van der Waals surface area contributed by atoms with E-state index < -0.39 is 0 Å². The van der Waals surface area contributed by atoms with Crippen LogP contribution in [0.1, 0.15) is 14.9 Å². The Balaban J connectivity index is -0.0000000417. The van der Waals surface area contributed by atoms with Gasteiger partial charge in [0, 0.05) is 32.4 Å². The van der Waals surface area contributed by atoms with Gasteiger partial charge < -0.3 is 10.0 Å². The summed E-state index contributed by atoms with van der Waals surface area (Å²) in [5.41, 5.74) is 0. The van der Waals surface area contributed by atoms with Crippen molar-refractivity contribution in [2.75, 3.05) is 27.2 Å². The summed E-state index contributed by atoms with van der Waals surface area (Å²) in [6, 6.07) is 0. The van der Waals surface area contributed by atoms with Crippen molar-refractivity contribution in [3.8, 4) is 0 Å². The minimum atomic E-state index is 0. The molecule has 0 aliphatic heterocycles. The minimum Gasteiger partial charge on any atom is -0.395 e. The van der Waals surface area contributed by atoms with Crippen LogP contribution in [0.25, 0.3) is 0 Å². The third kappa shape index (κ3) is 28.2. The molecule has 0 rings (SSSR count). The van der Waals surface area contributed by atoms with Crippen LogP contribution in [0.2, 0.25) is 0 Å². The second-order valence-electron chi connectivity index (χ2n) is 1.53. The molecule has 0 unspecified atom stereocenters. The van der Waals surface area contributed by atoms with Crippen LogP contribution in [0, 0.1) is 0 Å². The summed E-state index contributed by atoms with van der Waals surface area (Å²) >= 11 is 0. The van der Waals surface area contributed by atoms with Crippen LogP contribution in [0.3, 0.4) is 0 Å². The molecule has 0 aromatic heterocycles. The van der Waals surface area contributed by atoms with E-state index in [9.17, 15) is 0 Å². The van der Waals surface area contributed by atoms with E-state index in [4.69, 9.17) is 5.11 Å². The molecule has 0 fully saturated rings. The van der Waals surface area contributed by atoms with Crippen molar-refractivity contribution in [2.24, 2.45) is 0 Å². The van der Waals surface area contributed by atoms with Gasteiger partial charge in [0.25, 0.3) is 0 Å². The normalized spacial score (nSPS) is 6.67. The molecule has 3 heteroatoms. The molecule has 2 nitrogen and oxygen atoms in total. The molecular weight excluding hydrogens is 281 g/mol. The molecule has 9 heavy (non-hydrogen) atoms. The standard InChI is InChI=1S/C4H11NO.2CH4.Hf/c1-5(2)3-4-6;;;/h6H,3-4H2,1-2H3;2*1H4;. The zero-order chi connectivity index (χ0) is 4.99. The van der Waals surface area contributed by atoms with Crippen LogP contribution in [-0.2, 0) is 25.8 Å². The number of likely N-dealkylation sites (N-methyl/N-ethyl adjacent to an activating group) is 1. The molecule has 0 aliphatic carbocycles. The fraction of sp³-hybridized carbons (Fsp3) is 1.00. The quantitative estimate of drug-likeness (QED) is 0.763. The fourth-order valence-corrected chi connectivity index (χ4v) is 0.200. The van der Waals surface area contributed by atoms with Crippen LogP contribution >= 0.6 is 0 Å². The first kappa shape index (κ1) is 22.6. The van der Waals surface area contributed by atoms with Gasteiger partial charge in [-0.15, -0.1) is 0 Å². The van der Waals surface area contributed by atoms with Crippen molar-refractivity contribution in [2.45, 2.75) is 14.9 Å². The predicted octanol–water partition coefficient (Wildman–Crippen LogP) is 0.810. The zero-order valence-electron chi connectivity index (χ0n) is 4.81. The molecule has 1 N–H and O–H groups in total. The third-order valence-corrected chi connectivity index (χ3v) is 0.547. The molecule has 0 radical (unpaired) electrons. The topological polar surface area (TPSA) is 23.5 Å². The summed E-state index contributed by atoms with van der Waals surface area (Å²) in [5.74, 6) is 0. The summed E-state index contributed by atoms with van der Waals surface area (Å²) in [7, 11) is 3.85. The van der Waals surface area contributed by atoms with Gasteiger partial charge in [0.05, 0.1) is 6.61 Å². The Morgan fingerprint density at radius 3 is 1.56 bits per heavy atom. The van der Waals surface area contributed by atoms with Crippen molar-refractivity contribution >= 4 is 0 Å². The van der Waals surface area contributed by atoms with E-state index in [2.05, 4.69) is 0 Å². The van der Waals surface area contributed by atoms with Crippen molar-refractivity contribution in [1.29, 1.82) is 0 Å². The van der Waals surface area contributed by atoms with Crippen LogP contribution in [-0.4, -0.2) is 37.3 Å². The van der Waals surface area contributed by atoms with Gasteiger partial charge in [0.2, 0.25) is 0 Å². The summed E-state index contributed by atoms with van der Waals surface area (Å²) < 4.78 is 0. The van der Waals surface area contributed by atoms with E-state index >= 15 is 0 Å². The van der Waals surface area contributed by atoms with E-state index in [0.717, 1.165) is 6.54 Å². The summed E-state index contributed by atoms with van der Waals surface area (Å²) in [5, 5.41) is 8.20. The number of nitrogens with zero attached hydrogens (tertiary/aromatic N) is 1. The first-order valence-corrected chi connectivity index (χ1v) is 2.03. The number of hydrogen-bond donors (Lipinski definition) is 1. The van der Waals surface area contributed by atoms with Gasteiger partial charge in [-0.1, -0.05) is 14.9 Å². The predicted molar refractivity (Wildman–Crippen MR) is 39.1 cm³/mol. The Bertz CT molecular complexity index is 34.2. The molecule has 0 atom stereocenters. The van der Waals surface area contributed by atoms with Gasteiger partial charge in [-0.05, 0) is 14.1 Å². The van der Waals surface area contributed by atoms with Crippen molar-refractivity contribution in [3.63, 3.8) is 0 Å². The molecular formula is C6H19HfNO. The molecule has 0 bridgehead atoms. The number of aliphatic hydroxyl groups is 1. The van der Waals surface area contributed by atoms with E-state index in [1.807, 2.05) is 19.0 Å². The molecule has 0 spiro atoms. The second-order valence-corrected chi connectivity index (χ2v) is 1.53. The maximum Gasteiger partial charge on any atom is 0.0558 e. The number of aliphatic hydroxyl groups excluding tert-OH is 1. The monoisotopic (exact) mass is 301 g/mol. The average Bonchev–Trinajstić information content (AvgIpc) is 1.35. The summed E-state index contributed by atoms with van der Waals surface area (Å²) in [4.78, 5) is 1.93. The van der Waals surface area contributed by atoms with Crippen molar-refractivity contribution in [3.05, 3.63) is 0 Å². The van der Waals surface area contributed by atoms with Crippen LogP contribution < -0.4 is 0 Å². The largest absolute Gasteiger partial charge is 0.395 e. The van der Waals surface area contributed by atoms with Gasteiger partial charge >= 0.3 is 0 Å². The maximum absolute atomic E-state index is 8.20. The molecule has 0 aromatic rings. The summed E-state index contributed by atoms with van der Waals surface area (Å²) in [6.07, 6.45) is 0.